The third kappa shape index (κ3) is 1.97. The van der Waals surface area contributed by atoms with Gasteiger partial charge < -0.3 is 5.11 Å². The summed E-state index contributed by atoms with van der Waals surface area (Å²) in [6, 6.07) is -0.191. The number of nitrogens with zero attached hydrogens (tertiary/aromatic N) is 2. The normalized spacial score (nSPS) is 24.5. The Balaban J connectivity index is 2.39. The van der Waals surface area contributed by atoms with Gasteiger partial charge in [0.2, 0.25) is 0 Å². The van der Waals surface area contributed by atoms with Gasteiger partial charge in [0.15, 0.2) is 20.4 Å². The van der Waals surface area contributed by atoms with Gasteiger partial charge in [-0.1, -0.05) is 0 Å². The number of sulfone groups is 1. The summed E-state index contributed by atoms with van der Waals surface area (Å²) in [5.74, 6) is 0.644. The van der Waals surface area contributed by atoms with Crippen molar-refractivity contribution in [2.75, 3.05) is 11.5 Å². The molecule has 0 bridgehead atoms. The molecule has 0 radical (unpaired) electrons. The first-order valence-electron chi connectivity index (χ1n) is 4.50. The van der Waals surface area contributed by atoms with Gasteiger partial charge in [0.25, 0.3) is 0 Å². The van der Waals surface area contributed by atoms with E-state index in [9.17, 15) is 8.42 Å². The molecule has 6 nitrogen and oxygen atoms in total. The highest BCUT2D eigenvalue weighted by molar-refractivity contribution is 7.91. The topological polar surface area (TPSA) is 88.0 Å². The maximum atomic E-state index is 11.3. The van der Waals surface area contributed by atoms with E-state index in [1.54, 1.807) is 4.57 Å². The van der Waals surface area contributed by atoms with Crippen LogP contribution >= 0.6 is 12.2 Å². The summed E-state index contributed by atoms with van der Waals surface area (Å²) in [5.41, 5.74) is 0. The second-order valence-corrected chi connectivity index (χ2v) is 6.15. The van der Waals surface area contributed by atoms with Gasteiger partial charge in [0, 0.05) is 0 Å². The molecule has 8 heteroatoms. The summed E-state index contributed by atoms with van der Waals surface area (Å²) in [7, 11) is -2.95. The van der Waals surface area contributed by atoms with E-state index in [0.717, 1.165) is 0 Å². The molecular formula is C7H11N3O3S2. The van der Waals surface area contributed by atoms with Crippen LogP contribution in [0.15, 0.2) is 0 Å². The van der Waals surface area contributed by atoms with Crippen LogP contribution in [0.1, 0.15) is 18.3 Å². The smallest absolute Gasteiger partial charge is 0.195 e. The van der Waals surface area contributed by atoms with Gasteiger partial charge in [-0.15, -0.1) is 0 Å². The highest BCUT2D eigenvalue weighted by Gasteiger charge is 2.30. The van der Waals surface area contributed by atoms with E-state index in [0.29, 0.717) is 17.0 Å². The average Bonchev–Trinajstić information content (AvgIpc) is 2.69. The molecule has 1 saturated heterocycles. The van der Waals surface area contributed by atoms with Gasteiger partial charge in [-0.25, -0.2) is 8.42 Å². The van der Waals surface area contributed by atoms with Crippen molar-refractivity contribution in [3.63, 3.8) is 0 Å². The summed E-state index contributed by atoms with van der Waals surface area (Å²) in [4.78, 5) is 0. The lowest BCUT2D eigenvalue weighted by Gasteiger charge is -2.10. The zero-order valence-corrected chi connectivity index (χ0v) is 9.51. The van der Waals surface area contributed by atoms with Crippen LogP contribution in [0.25, 0.3) is 0 Å². The Morgan fingerprint density at radius 3 is 2.93 bits per heavy atom. The van der Waals surface area contributed by atoms with Crippen molar-refractivity contribution in [3.8, 4) is 0 Å². The summed E-state index contributed by atoms with van der Waals surface area (Å²) in [6.45, 7) is -0.246. The molecule has 0 amide bonds. The summed E-state index contributed by atoms with van der Waals surface area (Å²) in [6.07, 6.45) is 0.531. The molecule has 2 rings (SSSR count). The molecule has 1 aliphatic rings. The lowest BCUT2D eigenvalue weighted by molar-refractivity contribution is 0.261. The molecule has 1 aromatic heterocycles. The third-order valence-electron chi connectivity index (χ3n) is 2.49. The summed E-state index contributed by atoms with van der Waals surface area (Å²) in [5, 5.41) is 15.4. The van der Waals surface area contributed by atoms with Crippen molar-refractivity contribution in [2.24, 2.45) is 0 Å². The van der Waals surface area contributed by atoms with Crippen molar-refractivity contribution < 1.29 is 13.5 Å². The van der Waals surface area contributed by atoms with Crippen molar-refractivity contribution in [3.05, 3.63) is 10.6 Å². The van der Waals surface area contributed by atoms with Gasteiger partial charge in [0.05, 0.1) is 17.5 Å². The van der Waals surface area contributed by atoms with E-state index in [1.807, 2.05) is 0 Å². The molecule has 0 saturated carbocycles. The Labute approximate surface area is 91.9 Å². The van der Waals surface area contributed by atoms with Gasteiger partial charge in [-0.3, -0.25) is 9.67 Å². The Kier molecular flexibility index (Phi) is 2.65. The molecule has 1 aliphatic heterocycles. The number of rotatable bonds is 2. The Hall–Kier alpha value is -0.730. The van der Waals surface area contributed by atoms with Crippen molar-refractivity contribution in [1.82, 2.24) is 14.8 Å². The molecule has 1 aromatic rings. The summed E-state index contributed by atoms with van der Waals surface area (Å²) >= 11 is 4.99. The van der Waals surface area contributed by atoms with E-state index in [2.05, 4.69) is 10.2 Å². The van der Waals surface area contributed by atoms with E-state index in [1.165, 1.54) is 0 Å². The molecule has 1 unspecified atom stereocenters. The lowest BCUT2D eigenvalue weighted by Crippen LogP contribution is -2.14. The SMILES string of the molecule is O=S1(=O)CCC(n2c(CO)n[nH]c2=S)C1. The Bertz CT molecular complexity index is 516. The highest BCUT2D eigenvalue weighted by Crippen LogP contribution is 2.24. The van der Waals surface area contributed by atoms with Crippen LogP contribution in [-0.2, 0) is 16.4 Å². The first-order valence-corrected chi connectivity index (χ1v) is 6.73. The molecule has 0 aromatic carbocycles. The number of hydrogen-bond donors (Lipinski definition) is 2. The highest BCUT2D eigenvalue weighted by atomic mass is 32.2. The zero-order chi connectivity index (χ0) is 11.1. The van der Waals surface area contributed by atoms with Crippen LogP contribution in [0.2, 0.25) is 0 Å². The number of nitrogens with one attached hydrogen (secondary N) is 1. The molecule has 84 valence electrons. The number of aromatic nitrogens is 3. The lowest BCUT2D eigenvalue weighted by atomic mass is 10.2. The zero-order valence-electron chi connectivity index (χ0n) is 7.88. The van der Waals surface area contributed by atoms with Crippen molar-refractivity contribution >= 4 is 22.1 Å². The molecule has 0 aliphatic carbocycles. The second-order valence-electron chi connectivity index (χ2n) is 3.53. The number of aliphatic hydroxyl groups is 1. The third-order valence-corrected chi connectivity index (χ3v) is 4.53. The molecule has 2 N–H and O–H groups in total. The fourth-order valence-corrected chi connectivity index (χ4v) is 3.80. The molecule has 1 fully saturated rings. The van der Waals surface area contributed by atoms with Gasteiger partial charge in [-0.2, -0.15) is 5.10 Å². The number of hydrogen-bond acceptors (Lipinski definition) is 5. The first kappa shape index (κ1) is 10.8. The first-order chi connectivity index (χ1) is 7.03. The van der Waals surface area contributed by atoms with Crippen LogP contribution in [-0.4, -0.2) is 39.8 Å². The predicted molar refractivity (Wildman–Crippen MR) is 55.6 cm³/mol. The van der Waals surface area contributed by atoms with Crippen LogP contribution in [0.3, 0.4) is 0 Å². The van der Waals surface area contributed by atoms with Crippen LogP contribution < -0.4 is 0 Å². The Morgan fingerprint density at radius 1 is 1.67 bits per heavy atom. The quantitative estimate of drug-likeness (QED) is 0.708. The van der Waals surface area contributed by atoms with E-state index >= 15 is 0 Å². The maximum absolute atomic E-state index is 11.3. The standard InChI is InChI=1S/C7H11N3O3S2/c11-3-6-8-9-7(14)10(6)5-1-2-15(12,13)4-5/h5,11H,1-4H2,(H,9,14). The molecule has 1 atom stereocenters. The number of aliphatic hydroxyl groups excluding tert-OH is 1. The Morgan fingerprint density at radius 2 is 2.40 bits per heavy atom. The molecule has 2 heterocycles. The van der Waals surface area contributed by atoms with Crippen molar-refractivity contribution in [2.45, 2.75) is 19.1 Å². The van der Waals surface area contributed by atoms with Gasteiger partial charge >= 0.3 is 0 Å². The fraction of sp³-hybridized carbons (Fsp3) is 0.714. The largest absolute Gasteiger partial charge is 0.388 e. The minimum absolute atomic E-state index is 0.0772. The number of aromatic amines is 1. The second kappa shape index (κ2) is 3.69. The van der Waals surface area contributed by atoms with Crippen LogP contribution in [0.5, 0.6) is 0 Å². The van der Waals surface area contributed by atoms with Gasteiger partial charge in [0.1, 0.15) is 6.61 Å². The van der Waals surface area contributed by atoms with Crippen LogP contribution in [0, 0.1) is 4.77 Å². The monoisotopic (exact) mass is 249 g/mol. The van der Waals surface area contributed by atoms with E-state index in [-0.39, 0.29) is 24.2 Å². The average molecular weight is 249 g/mol. The van der Waals surface area contributed by atoms with Gasteiger partial charge in [-0.05, 0) is 18.6 Å². The van der Waals surface area contributed by atoms with E-state index in [4.69, 9.17) is 17.3 Å². The van der Waals surface area contributed by atoms with Crippen molar-refractivity contribution in [1.29, 1.82) is 0 Å². The minimum Gasteiger partial charge on any atom is -0.388 e. The molecule has 0 spiro atoms. The van der Waals surface area contributed by atoms with Crippen LogP contribution in [0.4, 0.5) is 0 Å². The molecular weight excluding hydrogens is 238 g/mol. The molecule has 15 heavy (non-hydrogen) atoms. The summed E-state index contributed by atoms with van der Waals surface area (Å²) < 4.78 is 24.6. The maximum Gasteiger partial charge on any atom is 0.195 e. The van der Waals surface area contributed by atoms with E-state index < -0.39 is 9.84 Å². The predicted octanol–water partition coefficient (Wildman–Crippen LogP) is -0.207. The fourth-order valence-electron chi connectivity index (χ4n) is 1.80. The number of H-pyrrole nitrogens is 1. The minimum atomic E-state index is -2.95.